The molecule has 26 heavy (non-hydrogen) atoms. The van der Waals surface area contributed by atoms with Crippen LogP contribution in [0.25, 0.3) is 10.8 Å². The standard InChI is InChI=1S/C19H21F3N2O2/c1-4-26-14-10-6-8-12-7-5-9-13(15(12)14)16(19(20,21)22)24-11-18(2,3)17(25)23-24/h5-10,16H,4,11H2,1-3H3,(H,23,25). The van der Waals surface area contributed by atoms with E-state index in [9.17, 15) is 18.0 Å². The molecule has 3 rings (SSSR count). The molecule has 0 aliphatic carbocycles. The summed E-state index contributed by atoms with van der Waals surface area (Å²) in [4.78, 5) is 12.1. The highest BCUT2D eigenvalue weighted by atomic mass is 19.4. The lowest BCUT2D eigenvalue weighted by molar-refractivity contribution is -0.191. The van der Waals surface area contributed by atoms with Crippen LogP contribution in [0.4, 0.5) is 13.2 Å². The van der Waals surface area contributed by atoms with E-state index in [0.717, 1.165) is 5.01 Å². The minimum Gasteiger partial charge on any atom is -0.493 e. The van der Waals surface area contributed by atoms with Crippen molar-refractivity contribution in [1.29, 1.82) is 0 Å². The van der Waals surface area contributed by atoms with Crippen LogP contribution in [0.1, 0.15) is 32.4 Å². The summed E-state index contributed by atoms with van der Waals surface area (Å²) < 4.78 is 47.7. The van der Waals surface area contributed by atoms with Gasteiger partial charge in [-0.05, 0) is 37.8 Å². The predicted molar refractivity (Wildman–Crippen MR) is 92.5 cm³/mol. The lowest BCUT2D eigenvalue weighted by Crippen LogP contribution is -2.43. The fourth-order valence-corrected chi connectivity index (χ4v) is 3.33. The van der Waals surface area contributed by atoms with Crippen LogP contribution in [0.2, 0.25) is 0 Å². The van der Waals surface area contributed by atoms with Gasteiger partial charge in [0.05, 0.1) is 12.0 Å². The molecule has 1 unspecified atom stereocenters. The maximum atomic E-state index is 14.0. The maximum Gasteiger partial charge on any atom is 0.409 e. The van der Waals surface area contributed by atoms with Crippen molar-refractivity contribution < 1.29 is 22.7 Å². The Morgan fingerprint density at radius 1 is 1.23 bits per heavy atom. The first kappa shape index (κ1) is 18.5. The zero-order valence-electron chi connectivity index (χ0n) is 14.9. The Morgan fingerprint density at radius 3 is 2.42 bits per heavy atom. The zero-order chi connectivity index (χ0) is 19.1. The van der Waals surface area contributed by atoms with Crippen molar-refractivity contribution in [2.45, 2.75) is 33.0 Å². The molecule has 1 aliphatic rings. The maximum absolute atomic E-state index is 14.0. The van der Waals surface area contributed by atoms with Gasteiger partial charge < -0.3 is 4.74 Å². The molecule has 0 bridgehead atoms. The van der Waals surface area contributed by atoms with Gasteiger partial charge >= 0.3 is 6.18 Å². The van der Waals surface area contributed by atoms with Crippen molar-refractivity contribution in [2.24, 2.45) is 5.41 Å². The van der Waals surface area contributed by atoms with Gasteiger partial charge in [-0.2, -0.15) is 13.2 Å². The van der Waals surface area contributed by atoms with Crippen LogP contribution in [0, 0.1) is 5.41 Å². The van der Waals surface area contributed by atoms with E-state index in [1.807, 2.05) is 0 Å². The average Bonchev–Trinajstić information content (AvgIpc) is 2.79. The van der Waals surface area contributed by atoms with Crippen LogP contribution >= 0.6 is 0 Å². The van der Waals surface area contributed by atoms with E-state index in [-0.39, 0.29) is 12.1 Å². The Kier molecular flexibility index (Phi) is 4.60. The lowest BCUT2D eigenvalue weighted by Gasteiger charge is -2.31. The number of halogens is 3. The van der Waals surface area contributed by atoms with Gasteiger partial charge in [0.2, 0.25) is 5.91 Å². The third-order valence-electron chi connectivity index (χ3n) is 4.54. The highest BCUT2D eigenvalue weighted by Gasteiger charge is 2.51. The topological polar surface area (TPSA) is 41.6 Å². The Bertz CT molecular complexity index is 828. The predicted octanol–water partition coefficient (Wildman–Crippen LogP) is 4.21. The number of hydrazine groups is 1. The number of rotatable bonds is 4. The van der Waals surface area contributed by atoms with E-state index in [2.05, 4.69) is 5.43 Å². The van der Waals surface area contributed by atoms with Crippen LogP contribution in [-0.2, 0) is 4.79 Å². The van der Waals surface area contributed by atoms with Crippen molar-refractivity contribution in [3.63, 3.8) is 0 Å². The van der Waals surface area contributed by atoms with Crippen molar-refractivity contribution in [1.82, 2.24) is 10.4 Å². The quantitative estimate of drug-likeness (QED) is 0.881. The van der Waals surface area contributed by atoms with Gasteiger partial charge in [0.25, 0.3) is 0 Å². The summed E-state index contributed by atoms with van der Waals surface area (Å²) in [5, 5.41) is 2.06. The first-order valence-corrected chi connectivity index (χ1v) is 8.44. The van der Waals surface area contributed by atoms with Crippen LogP contribution in [0.15, 0.2) is 36.4 Å². The molecule has 1 aliphatic heterocycles. The molecule has 140 valence electrons. The molecule has 0 saturated carbocycles. The monoisotopic (exact) mass is 366 g/mol. The molecule has 7 heteroatoms. The van der Waals surface area contributed by atoms with E-state index < -0.39 is 23.5 Å². The molecule has 1 amide bonds. The second-order valence-corrected chi connectivity index (χ2v) is 7.03. The second kappa shape index (κ2) is 6.46. The number of alkyl halides is 3. The van der Waals surface area contributed by atoms with E-state index in [1.54, 1.807) is 51.1 Å². The number of amides is 1. The number of fused-ring (bicyclic) bond motifs is 1. The average molecular weight is 366 g/mol. The first-order chi connectivity index (χ1) is 12.1. The Hall–Kier alpha value is -2.28. The summed E-state index contributed by atoms with van der Waals surface area (Å²) in [5.74, 6) is -0.0170. The molecule has 1 N–H and O–H groups in total. The van der Waals surface area contributed by atoms with Crippen molar-refractivity contribution in [3.05, 3.63) is 42.0 Å². The number of ether oxygens (including phenoxy) is 1. The van der Waals surface area contributed by atoms with Gasteiger partial charge in [-0.1, -0.05) is 30.3 Å². The number of hydrogen-bond acceptors (Lipinski definition) is 3. The highest BCUT2D eigenvalue weighted by molar-refractivity contribution is 5.92. The SMILES string of the molecule is CCOc1cccc2cccc(C(N3CC(C)(C)C(=O)N3)C(F)(F)F)c12. The third kappa shape index (κ3) is 3.23. The molecular formula is C19H21F3N2O2. The minimum absolute atomic E-state index is 0.0385. The van der Waals surface area contributed by atoms with Crippen LogP contribution in [0.5, 0.6) is 5.75 Å². The summed E-state index contributed by atoms with van der Waals surface area (Å²) in [6, 6.07) is 7.99. The fraction of sp³-hybridized carbons (Fsp3) is 0.421. The summed E-state index contributed by atoms with van der Waals surface area (Å²) in [6.07, 6.45) is -4.57. The summed E-state index contributed by atoms with van der Waals surface area (Å²) in [7, 11) is 0. The van der Waals surface area contributed by atoms with Gasteiger partial charge in [0, 0.05) is 11.9 Å². The third-order valence-corrected chi connectivity index (χ3v) is 4.54. The van der Waals surface area contributed by atoms with E-state index in [1.165, 1.54) is 6.07 Å². The summed E-state index contributed by atoms with van der Waals surface area (Å²) >= 11 is 0. The molecule has 0 radical (unpaired) electrons. The van der Waals surface area contributed by atoms with Gasteiger partial charge in [-0.25, -0.2) is 5.01 Å². The number of carbonyl (C=O) groups excluding carboxylic acids is 1. The molecule has 1 saturated heterocycles. The van der Waals surface area contributed by atoms with Crippen molar-refractivity contribution in [3.8, 4) is 5.75 Å². The smallest absolute Gasteiger partial charge is 0.409 e. The highest BCUT2D eigenvalue weighted by Crippen LogP contribution is 2.44. The molecular weight excluding hydrogens is 345 g/mol. The molecule has 1 heterocycles. The molecule has 0 aromatic heterocycles. The van der Waals surface area contributed by atoms with Crippen molar-refractivity contribution in [2.75, 3.05) is 13.2 Å². The molecule has 1 fully saturated rings. The number of nitrogens with zero attached hydrogens (tertiary/aromatic N) is 1. The molecule has 2 aromatic carbocycles. The zero-order valence-corrected chi connectivity index (χ0v) is 14.9. The Labute approximate surface area is 149 Å². The van der Waals surface area contributed by atoms with Gasteiger partial charge in [0.1, 0.15) is 5.75 Å². The van der Waals surface area contributed by atoms with Gasteiger partial charge in [0.15, 0.2) is 6.04 Å². The minimum atomic E-state index is -4.57. The number of hydrogen-bond donors (Lipinski definition) is 1. The number of nitrogens with one attached hydrogen (secondary N) is 1. The lowest BCUT2D eigenvalue weighted by atomic mass is 9.93. The Morgan fingerprint density at radius 2 is 1.88 bits per heavy atom. The van der Waals surface area contributed by atoms with Gasteiger partial charge in [-0.15, -0.1) is 0 Å². The van der Waals surface area contributed by atoms with E-state index in [0.29, 0.717) is 23.1 Å². The molecule has 1 atom stereocenters. The number of benzene rings is 2. The van der Waals surface area contributed by atoms with Crippen LogP contribution in [-0.4, -0.2) is 30.2 Å². The van der Waals surface area contributed by atoms with E-state index in [4.69, 9.17) is 4.74 Å². The summed E-state index contributed by atoms with van der Waals surface area (Å²) in [6.45, 7) is 5.35. The normalized spacial score (nSPS) is 18.8. The van der Waals surface area contributed by atoms with Crippen LogP contribution < -0.4 is 10.2 Å². The Balaban J connectivity index is 2.19. The van der Waals surface area contributed by atoms with Crippen LogP contribution in [0.3, 0.4) is 0 Å². The summed E-state index contributed by atoms with van der Waals surface area (Å²) in [5.41, 5.74) is 1.57. The second-order valence-electron chi connectivity index (χ2n) is 7.03. The molecule has 4 nitrogen and oxygen atoms in total. The first-order valence-electron chi connectivity index (χ1n) is 8.44. The largest absolute Gasteiger partial charge is 0.493 e. The van der Waals surface area contributed by atoms with Gasteiger partial charge in [-0.3, -0.25) is 10.2 Å². The number of carbonyl (C=O) groups is 1. The molecule has 2 aromatic rings. The van der Waals surface area contributed by atoms with Crippen molar-refractivity contribution >= 4 is 16.7 Å². The molecule has 0 spiro atoms. The fourth-order valence-electron chi connectivity index (χ4n) is 3.33. The van der Waals surface area contributed by atoms with E-state index >= 15 is 0 Å².